The Labute approximate surface area is 106 Å². The Balaban J connectivity index is 2.25. The summed E-state index contributed by atoms with van der Waals surface area (Å²) < 4.78 is 5.83. The van der Waals surface area contributed by atoms with E-state index < -0.39 is 0 Å². The summed E-state index contributed by atoms with van der Waals surface area (Å²) in [6, 6.07) is 6.62. The van der Waals surface area contributed by atoms with Crippen molar-refractivity contribution in [1.82, 2.24) is 0 Å². The van der Waals surface area contributed by atoms with Crippen molar-refractivity contribution in [2.45, 2.75) is 38.1 Å². The van der Waals surface area contributed by atoms with Gasteiger partial charge in [0.15, 0.2) is 0 Å². The fraction of sp³-hybridized carbons (Fsp3) is 0.571. The van der Waals surface area contributed by atoms with Gasteiger partial charge >= 0.3 is 0 Å². The number of rotatable bonds is 2. The lowest BCUT2D eigenvalue weighted by molar-refractivity contribution is 0.0933. The molecular weight excluding hydrogens is 264 g/mol. The molecule has 1 aromatic rings. The van der Waals surface area contributed by atoms with Crippen LogP contribution in [0.4, 0.5) is 0 Å². The minimum absolute atomic E-state index is 0.320. The van der Waals surface area contributed by atoms with Crippen molar-refractivity contribution in [2.24, 2.45) is 5.92 Å². The molecule has 0 radical (unpaired) electrons. The molecule has 2 rings (SSSR count). The zero-order valence-corrected chi connectivity index (χ0v) is 11.8. The summed E-state index contributed by atoms with van der Waals surface area (Å²) in [5.74, 6) is 0.643. The Hall–Kier alpha value is -0.340. The molecular formula is C14H19BrO. The van der Waals surface area contributed by atoms with Gasteiger partial charge in [-0.15, -0.1) is 0 Å². The number of alkyl halides is 1. The smallest absolute Gasteiger partial charge is 0.0767 e. The van der Waals surface area contributed by atoms with Crippen LogP contribution in [0.2, 0.25) is 0 Å². The van der Waals surface area contributed by atoms with Crippen molar-refractivity contribution in [2.75, 3.05) is 6.61 Å². The molecule has 1 saturated heterocycles. The molecule has 1 fully saturated rings. The van der Waals surface area contributed by atoms with Crippen LogP contribution in [0.1, 0.15) is 34.9 Å². The summed E-state index contributed by atoms with van der Waals surface area (Å²) in [5, 5.41) is 0. The van der Waals surface area contributed by atoms with Crippen molar-refractivity contribution in [3.63, 3.8) is 0 Å². The molecule has 0 amide bonds. The molecule has 3 atom stereocenters. The first-order valence-corrected chi connectivity index (χ1v) is 6.84. The Kier molecular flexibility index (Phi) is 3.70. The van der Waals surface area contributed by atoms with Crippen LogP contribution in [0.5, 0.6) is 0 Å². The predicted octanol–water partition coefficient (Wildman–Crippen LogP) is 4.16. The van der Waals surface area contributed by atoms with Gasteiger partial charge in [0.25, 0.3) is 0 Å². The molecule has 88 valence electrons. The second-order valence-electron chi connectivity index (χ2n) is 4.86. The third kappa shape index (κ3) is 2.33. The van der Waals surface area contributed by atoms with Gasteiger partial charge in [-0.3, -0.25) is 0 Å². The van der Waals surface area contributed by atoms with Crippen LogP contribution >= 0.6 is 15.9 Å². The molecule has 1 aliphatic rings. The molecule has 3 unspecified atom stereocenters. The zero-order chi connectivity index (χ0) is 11.7. The molecule has 0 aromatic heterocycles. The first-order chi connectivity index (χ1) is 7.59. The lowest BCUT2D eigenvalue weighted by atomic mass is 9.94. The third-order valence-corrected chi connectivity index (χ3v) is 4.48. The quantitative estimate of drug-likeness (QED) is 0.740. The molecule has 1 heterocycles. The topological polar surface area (TPSA) is 9.23 Å². The molecule has 0 saturated carbocycles. The molecule has 16 heavy (non-hydrogen) atoms. The summed E-state index contributed by atoms with van der Waals surface area (Å²) in [6.07, 6.45) is 1.50. The average Bonchev–Trinajstić information content (AvgIpc) is 2.67. The van der Waals surface area contributed by atoms with E-state index in [9.17, 15) is 0 Å². The van der Waals surface area contributed by atoms with E-state index in [1.165, 1.54) is 23.1 Å². The summed E-state index contributed by atoms with van der Waals surface area (Å²) >= 11 is 3.81. The van der Waals surface area contributed by atoms with Gasteiger partial charge in [0.05, 0.1) is 10.9 Å². The lowest BCUT2D eigenvalue weighted by Crippen LogP contribution is -2.19. The maximum atomic E-state index is 5.83. The first-order valence-electron chi connectivity index (χ1n) is 5.92. The summed E-state index contributed by atoms with van der Waals surface area (Å²) in [5.41, 5.74) is 4.03. The highest BCUT2D eigenvalue weighted by Crippen LogP contribution is 2.38. The van der Waals surface area contributed by atoms with E-state index in [-0.39, 0.29) is 0 Å². The molecule has 2 heteroatoms. The van der Waals surface area contributed by atoms with Gasteiger partial charge < -0.3 is 4.74 Å². The van der Waals surface area contributed by atoms with Gasteiger partial charge in [-0.1, -0.05) is 46.6 Å². The SMILES string of the molecule is Cc1ccc(C)c(C(Br)C2OCCC2C)c1. The van der Waals surface area contributed by atoms with Gasteiger partial charge in [0.1, 0.15) is 0 Å². The summed E-state index contributed by atoms with van der Waals surface area (Å²) in [6.45, 7) is 7.49. The van der Waals surface area contributed by atoms with E-state index in [2.05, 4.69) is 54.9 Å². The lowest BCUT2D eigenvalue weighted by Gasteiger charge is -2.23. The van der Waals surface area contributed by atoms with Crippen LogP contribution in [0, 0.1) is 19.8 Å². The van der Waals surface area contributed by atoms with Crippen LogP contribution in [0.25, 0.3) is 0 Å². The van der Waals surface area contributed by atoms with Gasteiger partial charge in [-0.05, 0) is 37.3 Å². The minimum atomic E-state index is 0.320. The summed E-state index contributed by atoms with van der Waals surface area (Å²) in [4.78, 5) is 0.324. The highest BCUT2D eigenvalue weighted by molar-refractivity contribution is 9.09. The predicted molar refractivity (Wildman–Crippen MR) is 71.1 cm³/mol. The number of halogens is 1. The Bertz CT molecular complexity index is 375. The van der Waals surface area contributed by atoms with Crippen molar-refractivity contribution in [3.8, 4) is 0 Å². The molecule has 0 N–H and O–H groups in total. The highest BCUT2D eigenvalue weighted by atomic mass is 79.9. The zero-order valence-electron chi connectivity index (χ0n) is 10.2. The van der Waals surface area contributed by atoms with Crippen LogP contribution < -0.4 is 0 Å². The maximum Gasteiger partial charge on any atom is 0.0767 e. The van der Waals surface area contributed by atoms with E-state index in [1.54, 1.807) is 0 Å². The first kappa shape index (κ1) is 12.1. The monoisotopic (exact) mass is 282 g/mol. The number of ether oxygens (including phenoxy) is 1. The van der Waals surface area contributed by atoms with Crippen molar-refractivity contribution in [1.29, 1.82) is 0 Å². The van der Waals surface area contributed by atoms with Crippen molar-refractivity contribution < 1.29 is 4.74 Å². The molecule has 1 aromatic carbocycles. The number of aryl methyl sites for hydroxylation is 2. The van der Waals surface area contributed by atoms with Crippen LogP contribution in [0.3, 0.4) is 0 Å². The molecule has 1 nitrogen and oxygen atoms in total. The fourth-order valence-corrected chi connectivity index (χ4v) is 3.49. The number of hydrogen-bond acceptors (Lipinski definition) is 1. The van der Waals surface area contributed by atoms with E-state index in [0.29, 0.717) is 16.8 Å². The fourth-order valence-electron chi connectivity index (χ4n) is 2.33. The van der Waals surface area contributed by atoms with Crippen molar-refractivity contribution in [3.05, 3.63) is 34.9 Å². The Morgan fingerprint density at radius 2 is 2.12 bits per heavy atom. The van der Waals surface area contributed by atoms with Gasteiger partial charge in [-0.2, -0.15) is 0 Å². The normalized spacial score (nSPS) is 27.0. The second-order valence-corrected chi connectivity index (χ2v) is 5.85. The standard InChI is InChI=1S/C14H19BrO/c1-9-4-5-10(2)12(8-9)13(15)14-11(3)6-7-16-14/h4-5,8,11,13-14H,6-7H2,1-3H3. The molecule has 0 spiro atoms. The van der Waals surface area contributed by atoms with Gasteiger partial charge in [0.2, 0.25) is 0 Å². The second kappa shape index (κ2) is 4.89. The molecule has 1 aliphatic heterocycles. The van der Waals surface area contributed by atoms with Crippen molar-refractivity contribution >= 4 is 15.9 Å². The summed E-state index contributed by atoms with van der Waals surface area (Å²) in [7, 11) is 0. The highest BCUT2D eigenvalue weighted by Gasteiger charge is 2.32. The minimum Gasteiger partial charge on any atom is -0.376 e. The van der Waals surface area contributed by atoms with E-state index in [4.69, 9.17) is 4.74 Å². The maximum absolute atomic E-state index is 5.83. The average molecular weight is 283 g/mol. The number of benzene rings is 1. The van der Waals surface area contributed by atoms with E-state index in [0.717, 1.165) is 6.61 Å². The van der Waals surface area contributed by atoms with E-state index in [1.807, 2.05) is 0 Å². The third-order valence-electron chi connectivity index (χ3n) is 3.46. The Morgan fingerprint density at radius 3 is 2.75 bits per heavy atom. The number of hydrogen-bond donors (Lipinski definition) is 0. The van der Waals surface area contributed by atoms with Crippen LogP contribution in [-0.4, -0.2) is 12.7 Å². The molecule has 0 bridgehead atoms. The van der Waals surface area contributed by atoms with Gasteiger partial charge in [-0.25, -0.2) is 0 Å². The van der Waals surface area contributed by atoms with Gasteiger partial charge in [0, 0.05) is 6.61 Å². The Morgan fingerprint density at radius 1 is 1.38 bits per heavy atom. The largest absolute Gasteiger partial charge is 0.376 e. The van der Waals surface area contributed by atoms with E-state index >= 15 is 0 Å². The molecule has 0 aliphatic carbocycles. The van der Waals surface area contributed by atoms with Crippen LogP contribution in [-0.2, 0) is 4.74 Å². The van der Waals surface area contributed by atoms with Crippen LogP contribution in [0.15, 0.2) is 18.2 Å².